The average molecular weight is 306 g/mol. The van der Waals surface area contributed by atoms with Crippen molar-refractivity contribution in [1.82, 2.24) is 9.78 Å². The van der Waals surface area contributed by atoms with Gasteiger partial charge in [0.15, 0.2) is 0 Å². The van der Waals surface area contributed by atoms with E-state index in [2.05, 4.69) is 5.10 Å². The summed E-state index contributed by atoms with van der Waals surface area (Å²) in [4.78, 5) is 12.1. The molecule has 5 nitrogen and oxygen atoms in total. The second-order valence-corrected chi connectivity index (χ2v) is 5.40. The Bertz CT molecular complexity index is 696. The SMILES string of the molecule is CCOC(=O)c1cnn(-c2ccc(F)cc2)c1C1(O)CCC1.[HH]. The van der Waals surface area contributed by atoms with Crippen LogP contribution in [0.15, 0.2) is 30.5 Å². The molecule has 3 rings (SSSR count). The highest BCUT2D eigenvalue weighted by Gasteiger charge is 2.43. The lowest BCUT2D eigenvalue weighted by Gasteiger charge is -2.37. The van der Waals surface area contributed by atoms with Gasteiger partial charge in [-0.2, -0.15) is 5.10 Å². The summed E-state index contributed by atoms with van der Waals surface area (Å²) < 4.78 is 19.6. The number of benzene rings is 1. The maximum absolute atomic E-state index is 13.1. The van der Waals surface area contributed by atoms with Gasteiger partial charge in [-0.1, -0.05) is 0 Å². The van der Waals surface area contributed by atoms with Crippen LogP contribution in [0.25, 0.3) is 5.69 Å². The third-order valence-corrected chi connectivity index (χ3v) is 3.96. The molecule has 0 saturated heterocycles. The van der Waals surface area contributed by atoms with E-state index in [1.54, 1.807) is 19.1 Å². The Hall–Kier alpha value is -2.21. The quantitative estimate of drug-likeness (QED) is 0.882. The summed E-state index contributed by atoms with van der Waals surface area (Å²) in [5.74, 6) is -0.864. The summed E-state index contributed by atoms with van der Waals surface area (Å²) in [7, 11) is 0. The molecule has 0 amide bonds. The summed E-state index contributed by atoms with van der Waals surface area (Å²) in [6.07, 6.45) is 3.40. The van der Waals surface area contributed by atoms with Gasteiger partial charge in [0, 0.05) is 1.43 Å². The van der Waals surface area contributed by atoms with Gasteiger partial charge in [0.1, 0.15) is 17.0 Å². The maximum atomic E-state index is 13.1. The van der Waals surface area contributed by atoms with Crippen molar-refractivity contribution in [1.29, 1.82) is 0 Å². The van der Waals surface area contributed by atoms with Gasteiger partial charge in [-0.3, -0.25) is 0 Å². The van der Waals surface area contributed by atoms with Gasteiger partial charge in [0.2, 0.25) is 0 Å². The smallest absolute Gasteiger partial charge is 0.341 e. The Kier molecular flexibility index (Phi) is 3.70. The second kappa shape index (κ2) is 5.53. The zero-order valence-corrected chi connectivity index (χ0v) is 12.3. The van der Waals surface area contributed by atoms with Crippen molar-refractivity contribution in [3.8, 4) is 5.69 Å². The first kappa shape index (κ1) is 14.7. The van der Waals surface area contributed by atoms with Crippen LogP contribution in [0.4, 0.5) is 4.39 Å². The average Bonchev–Trinajstić information content (AvgIpc) is 2.91. The molecule has 1 heterocycles. The molecule has 6 heteroatoms. The van der Waals surface area contributed by atoms with Gasteiger partial charge in [0.05, 0.1) is 24.2 Å². The number of aromatic nitrogens is 2. The molecule has 0 aliphatic heterocycles. The van der Waals surface area contributed by atoms with E-state index < -0.39 is 11.6 Å². The molecule has 0 unspecified atom stereocenters. The van der Waals surface area contributed by atoms with Gasteiger partial charge in [-0.05, 0) is 50.5 Å². The fraction of sp³-hybridized carbons (Fsp3) is 0.375. The lowest BCUT2D eigenvalue weighted by Crippen LogP contribution is -2.37. The highest BCUT2D eigenvalue weighted by Crippen LogP contribution is 2.43. The molecular weight excluding hydrogens is 287 g/mol. The molecule has 118 valence electrons. The Balaban J connectivity index is 0.00000192. The number of hydrogen-bond donors (Lipinski definition) is 1. The molecule has 0 radical (unpaired) electrons. The van der Waals surface area contributed by atoms with Gasteiger partial charge in [0.25, 0.3) is 0 Å². The number of rotatable bonds is 4. The molecule has 0 spiro atoms. The summed E-state index contributed by atoms with van der Waals surface area (Å²) in [6.45, 7) is 1.97. The van der Waals surface area contributed by atoms with Crippen molar-refractivity contribution in [3.05, 3.63) is 47.5 Å². The molecule has 2 aromatic rings. The van der Waals surface area contributed by atoms with Crippen LogP contribution in [0, 0.1) is 5.82 Å². The van der Waals surface area contributed by atoms with Gasteiger partial charge in [-0.25, -0.2) is 13.9 Å². The molecule has 0 bridgehead atoms. The van der Waals surface area contributed by atoms with Crippen molar-refractivity contribution in [2.45, 2.75) is 31.8 Å². The lowest BCUT2D eigenvalue weighted by molar-refractivity contribution is -0.0456. The Morgan fingerprint density at radius 2 is 2.14 bits per heavy atom. The van der Waals surface area contributed by atoms with E-state index in [4.69, 9.17) is 4.74 Å². The fourth-order valence-corrected chi connectivity index (χ4v) is 2.68. The minimum Gasteiger partial charge on any atom is -0.462 e. The predicted molar refractivity (Wildman–Crippen MR) is 79.3 cm³/mol. The number of carbonyl (C=O) groups is 1. The van der Waals surface area contributed by atoms with Crippen LogP contribution in [0.5, 0.6) is 0 Å². The third kappa shape index (κ3) is 2.39. The molecule has 1 saturated carbocycles. The number of esters is 1. The molecule has 22 heavy (non-hydrogen) atoms. The summed E-state index contributed by atoms with van der Waals surface area (Å²) in [6, 6.07) is 5.75. The van der Waals surface area contributed by atoms with E-state index >= 15 is 0 Å². The Morgan fingerprint density at radius 1 is 1.45 bits per heavy atom. The van der Waals surface area contributed by atoms with Crippen LogP contribution < -0.4 is 0 Å². The van der Waals surface area contributed by atoms with Crippen molar-refractivity contribution in [2.24, 2.45) is 0 Å². The largest absolute Gasteiger partial charge is 0.462 e. The van der Waals surface area contributed by atoms with E-state index in [1.165, 1.54) is 23.0 Å². The molecular formula is C16H19FN2O3. The Morgan fingerprint density at radius 3 is 2.68 bits per heavy atom. The third-order valence-electron chi connectivity index (χ3n) is 3.96. The summed E-state index contributed by atoms with van der Waals surface area (Å²) in [5, 5.41) is 14.9. The van der Waals surface area contributed by atoms with Crippen LogP contribution in [-0.4, -0.2) is 27.5 Å². The number of hydrogen-bond acceptors (Lipinski definition) is 4. The highest BCUT2D eigenvalue weighted by atomic mass is 19.1. The number of ether oxygens (including phenoxy) is 1. The van der Waals surface area contributed by atoms with Crippen LogP contribution in [-0.2, 0) is 10.3 Å². The molecule has 1 aliphatic carbocycles. The van der Waals surface area contributed by atoms with Gasteiger partial charge >= 0.3 is 5.97 Å². The molecule has 0 atom stereocenters. The second-order valence-electron chi connectivity index (χ2n) is 5.40. The van der Waals surface area contributed by atoms with E-state index in [0.29, 0.717) is 24.2 Å². The van der Waals surface area contributed by atoms with Crippen LogP contribution >= 0.6 is 0 Å². The summed E-state index contributed by atoms with van der Waals surface area (Å²) in [5.41, 5.74) is 0.178. The topological polar surface area (TPSA) is 64.3 Å². The zero-order chi connectivity index (χ0) is 15.7. The first-order chi connectivity index (χ1) is 10.5. The number of aliphatic hydroxyl groups is 1. The van der Waals surface area contributed by atoms with E-state index in [9.17, 15) is 14.3 Å². The van der Waals surface area contributed by atoms with Crippen LogP contribution in [0.3, 0.4) is 0 Å². The number of halogens is 1. The predicted octanol–water partition coefficient (Wildman–Crippen LogP) is 2.81. The van der Waals surface area contributed by atoms with E-state index in [-0.39, 0.29) is 19.4 Å². The Labute approximate surface area is 128 Å². The minimum atomic E-state index is -1.09. The van der Waals surface area contributed by atoms with Crippen molar-refractivity contribution < 1.29 is 20.5 Å². The first-order valence-electron chi connectivity index (χ1n) is 7.29. The fourth-order valence-electron chi connectivity index (χ4n) is 2.68. The van der Waals surface area contributed by atoms with Crippen molar-refractivity contribution >= 4 is 5.97 Å². The molecule has 1 aliphatic rings. The van der Waals surface area contributed by atoms with Crippen molar-refractivity contribution in [3.63, 3.8) is 0 Å². The number of carbonyl (C=O) groups excluding carboxylic acids is 1. The molecule has 1 aromatic carbocycles. The zero-order valence-electron chi connectivity index (χ0n) is 12.3. The highest BCUT2D eigenvalue weighted by molar-refractivity contribution is 5.91. The van der Waals surface area contributed by atoms with Gasteiger partial charge < -0.3 is 9.84 Å². The minimum absolute atomic E-state index is 0. The molecule has 1 N–H and O–H groups in total. The number of nitrogens with zero attached hydrogens (tertiary/aromatic N) is 2. The normalized spacial score (nSPS) is 16.1. The van der Waals surface area contributed by atoms with Gasteiger partial charge in [-0.15, -0.1) is 0 Å². The van der Waals surface area contributed by atoms with Crippen LogP contribution in [0.1, 0.15) is 43.7 Å². The standard InChI is InChI=1S/C16H17FN2O3.H2/c1-2-22-15(20)13-10-18-19(12-6-4-11(17)5-7-12)14(13)16(21)8-3-9-16;/h4-7,10,21H,2-3,8-9H2,1H3;1H. The van der Waals surface area contributed by atoms with E-state index in [1.807, 2.05) is 0 Å². The molecule has 1 fully saturated rings. The first-order valence-corrected chi connectivity index (χ1v) is 7.29. The van der Waals surface area contributed by atoms with Crippen molar-refractivity contribution in [2.75, 3.05) is 6.61 Å². The monoisotopic (exact) mass is 306 g/mol. The maximum Gasteiger partial charge on any atom is 0.341 e. The van der Waals surface area contributed by atoms with Crippen LogP contribution in [0.2, 0.25) is 0 Å². The molecule has 1 aromatic heterocycles. The lowest BCUT2D eigenvalue weighted by atomic mass is 9.76. The summed E-state index contributed by atoms with van der Waals surface area (Å²) >= 11 is 0. The van der Waals surface area contributed by atoms with E-state index in [0.717, 1.165) is 6.42 Å².